The molecule has 2 unspecified atom stereocenters. The van der Waals surface area contributed by atoms with Crippen LogP contribution in [0.15, 0.2) is 0 Å². The fourth-order valence-electron chi connectivity index (χ4n) is 6.20. The Labute approximate surface area is 198 Å². The van der Waals surface area contributed by atoms with Crippen LogP contribution in [0.2, 0.25) is 0 Å². The molecular formula is C25H43N3O5. The van der Waals surface area contributed by atoms with E-state index in [9.17, 15) is 14.4 Å². The van der Waals surface area contributed by atoms with E-state index in [-0.39, 0.29) is 24.3 Å². The summed E-state index contributed by atoms with van der Waals surface area (Å²) < 4.78 is 6.71. The lowest BCUT2D eigenvalue weighted by atomic mass is 9.65. The van der Waals surface area contributed by atoms with E-state index in [1.165, 1.54) is 0 Å². The number of amides is 3. The summed E-state index contributed by atoms with van der Waals surface area (Å²) in [4.78, 5) is 42.5. The predicted molar refractivity (Wildman–Crippen MR) is 125 cm³/mol. The van der Waals surface area contributed by atoms with Crippen molar-refractivity contribution < 1.29 is 24.2 Å². The minimum absolute atomic E-state index is 0.126. The second kappa shape index (κ2) is 9.90. The number of nitrogens with one attached hydrogen (secondary N) is 2. The van der Waals surface area contributed by atoms with Crippen LogP contribution in [0.4, 0.5) is 0 Å². The second-order valence-electron chi connectivity index (χ2n) is 11.0. The molecule has 3 aliphatic heterocycles. The average Bonchev–Trinajstić information content (AvgIpc) is 3.34. The summed E-state index contributed by atoms with van der Waals surface area (Å²) >= 11 is 0. The molecule has 0 aromatic heterocycles. The van der Waals surface area contributed by atoms with Crippen molar-refractivity contribution >= 4 is 17.7 Å². The van der Waals surface area contributed by atoms with Gasteiger partial charge < -0.3 is 25.4 Å². The maximum absolute atomic E-state index is 13.9. The molecule has 5 atom stereocenters. The molecule has 0 aromatic carbocycles. The SMILES string of the molecule is CCCNC(=O)[C@@H]1[C@H]2C(=O)N(CCCCCCO)C(C(=O)NC(C)(C)C)C23CC[C@@]1(CC)O3. The molecule has 3 rings (SSSR count). The molecule has 2 bridgehead atoms. The van der Waals surface area contributed by atoms with E-state index in [0.29, 0.717) is 32.4 Å². The van der Waals surface area contributed by atoms with E-state index in [1.54, 1.807) is 4.90 Å². The second-order valence-corrected chi connectivity index (χ2v) is 11.0. The van der Waals surface area contributed by atoms with Gasteiger partial charge in [0.2, 0.25) is 17.7 Å². The number of hydrogen-bond acceptors (Lipinski definition) is 5. The van der Waals surface area contributed by atoms with Crippen LogP contribution in [0.5, 0.6) is 0 Å². The van der Waals surface area contributed by atoms with Crippen LogP contribution in [0.3, 0.4) is 0 Å². The molecule has 0 radical (unpaired) electrons. The van der Waals surface area contributed by atoms with Crippen molar-refractivity contribution in [2.45, 2.75) is 109 Å². The van der Waals surface area contributed by atoms with Crippen molar-refractivity contribution in [1.82, 2.24) is 15.5 Å². The molecule has 3 N–H and O–H groups in total. The molecular weight excluding hydrogens is 422 g/mol. The number of nitrogens with zero attached hydrogens (tertiary/aromatic N) is 1. The summed E-state index contributed by atoms with van der Waals surface area (Å²) in [6.07, 6.45) is 5.98. The third-order valence-electron chi connectivity index (χ3n) is 7.57. The Bertz CT molecular complexity index is 751. The van der Waals surface area contributed by atoms with Crippen molar-refractivity contribution in [3.8, 4) is 0 Å². The zero-order valence-corrected chi connectivity index (χ0v) is 21.0. The lowest BCUT2D eigenvalue weighted by Gasteiger charge is -2.35. The summed E-state index contributed by atoms with van der Waals surface area (Å²) in [5.41, 5.74) is -2.09. The standard InChI is InChI=1S/C25H43N3O5/c1-6-14-26-20(30)17-18-22(32)28(15-10-8-9-11-16-29)19(21(31)27-23(3,4)5)25(18)13-12-24(17,7-2)33-25/h17-19,29H,6-16H2,1-5H3,(H,26,30)(H,27,31)/t17-,18-,19?,24+,25?/m0/s1. The highest BCUT2D eigenvalue weighted by atomic mass is 16.5. The Balaban J connectivity index is 1.94. The molecule has 3 heterocycles. The highest BCUT2D eigenvalue weighted by molar-refractivity contribution is 5.99. The molecule has 0 aromatic rings. The number of fused-ring (bicyclic) bond motifs is 1. The van der Waals surface area contributed by atoms with Gasteiger partial charge in [-0.3, -0.25) is 14.4 Å². The molecule has 8 heteroatoms. The minimum Gasteiger partial charge on any atom is -0.396 e. The Morgan fingerprint density at radius 1 is 1.12 bits per heavy atom. The van der Waals surface area contributed by atoms with Crippen LogP contribution in [0.1, 0.15) is 86.0 Å². The van der Waals surface area contributed by atoms with Crippen molar-refractivity contribution in [3.05, 3.63) is 0 Å². The Kier molecular flexibility index (Phi) is 7.79. The summed E-state index contributed by atoms with van der Waals surface area (Å²) in [5, 5.41) is 15.1. The largest absolute Gasteiger partial charge is 0.396 e. The molecule has 0 aliphatic carbocycles. The van der Waals surface area contributed by atoms with E-state index >= 15 is 0 Å². The van der Waals surface area contributed by atoms with Crippen LogP contribution in [0.25, 0.3) is 0 Å². The molecule has 3 saturated heterocycles. The maximum Gasteiger partial charge on any atom is 0.246 e. The van der Waals surface area contributed by atoms with E-state index in [2.05, 4.69) is 10.6 Å². The Morgan fingerprint density at radius 2 is 1.82 bits per heavy atom. The van der Waals surface area contributed by atoms with E-state index < -0.39 is 34.6 Å². The van der Waals surface area contributed by atoms with Gasteiger partial charge >= 0.3 is 0 Å². The molecule has 8 nitrogen and oxygen atoms in total. The summed E-state index contributed by atoms with van der Waals surface area (Å²) in [6.45, 7) is 11.0. The number of hydrogen-bond donors (Lipinski definition) is 3. The van der Waals surface area contributed by atoms with Crippen molar-refractivity contribution in [1.29, 1.82) is 0 Å². The van der Waals surface area contributed by atoms with Gasteiger partial charge in [-0.15, -0.1) is 0 Å². The first-order valence-electron chi connectivity index (χ1n) is 12.8. The average molecular weight is 466 g/mol. The van der Waals surface area contributed by atoms with Gasteiger partial charge in [-0.25, -0.2) is 0 Å². The lowest BCUT2D eigenvalue weighted by Crippen LogP contribution is -2.58. The van der Waals surface area contributed by atoms with Crippen LogP contribution in [0, 0.1) is 11.8 Å². The van der Waals surface area contributed by atoms with Gasteiger partial charge in [0.25, 0.3) is 0 Å². The Morgan fingerprint density at radius 3 is 2.42 bits per heavy atom. The van der Waals surface area contributed by atoms with Gasteiger partial charge in [0.05, 0.1) is 17.4 Å². The van der Waals surface area contributed by atoms with E-state index in [0.717, 1.165) is 32.1 Å². The van der Waals surface area contributed by atoms with Crippen molar-refractivity contribution in [2.75, 3.05) is 19.7 Å². The molecule has 3 aliphatic rings. The highest BCUT2D eigenvalue weighted by Gasteiger charge is 2.78. The first kappa shape index (κ1) is 25.9. The number of likely N-dealkylation sites (tertiary alicyclic amines) is 1. The summed E-state index contributed by atoms with van der Waals surface area (Å²) in [6, 6.07) is -0.732. The molecule has 3 amide bonds. The van der Waals surface area contributed by atoms with Gasteiger partial charge in [0.1, 0.15) is 11.6 Å². The lowest BCUT2D eigenvalue weighted by molar-refractivity contribution is -0.148. The quantitative estimate of drug-likeness (QED) is 0.405. The molecule has 33 heavy (non-hydrogen) atoms. The van der Waals surface area contributed by atoms with E-state index in [4.69, 9.17) is 9.84 Å². The highest BCUT2D eigenvalue weighted by Crippen LogP contribution is 2.64. The van der Waals surface area contributed by atoms with Crippen LogP contribution < -0.4 is 10.6 Å². The van der Waals surface area contributed by atoms with Gasteiger partial charge in [0.15, 0.2) is 0 Å². The van der Waals surface area contributed by atoms with Gasteiger partial charge in [0, 0.05) is 25.2 Å². The number of aliphatic hydroxyl groups excluding tert-OH is 1. The zero-order chi connectivity index (χ0) is 24.4. The molecule has 3 fully saturated rings. The fourth-order valence-corrected chi connectivity index (χ4v) is 6.20. The van der Waals surface area contributed by atoms with Crippen molar-refractivity contribution in [2.24, 2.45) is 11.8 Å². The predicted octanol–water partition coefficient (Wildman–Crippen LogP) is 2.13. The number of carbonyl (C=O) groups excluding carboxylic acids is 3. The maximum atomic E-state index is 13.9. The topological polar surface area (TPSA) is 108 Å². The van der Waals surface area contributed by atoms with Crippen LogP contribution in [-0.2, 0) is 19.1 Å². The first-order chi connectivity index (χ1) is 15.6. The number of rotatable bonds is 11. The third-order valence-corrected chi connectivity index (χ3v) is 7.57. The molecule has 0 saturated carbocycles. The Hall–Kier alpha value is -1.67. The van der Waals surface area contributed by atoms with Crippen molar-refractivity contribution in [3.63, 3.8) is 0 Å². The number of unbranched alkanes of at least 4 members (excludes halogenated alkanes) is 3. The number of carbonyl (C=O) groups is 3. The fraction of sp³-hybridized carbons (Fsp3) is 0.880. The van der Waals surface area contributed by atoms with Gasteiger partial charge in [-0.05, 0) is 59.3 Å². The normalized spacial score (nSPS) is 32.8. The summed E-state index contributed by atoms with van der Waals surface area (Å²) in [7, 11) is 0. The van der Waals surface area contributed by atoms with Gasteiger partial charge in [-0.2, -0.15) is 0 Å². The summed E-state index contributed by atoms with van der Waals surface area (Å²) in [5.74, 6) is -1.65. The molecule has 1 spiro atoms. The zero-order valence-electron chi connectivity index (χ0n) is 21.0. The molecule has 188 valence electrons. The van der Waals surface area contributed by atoms with Crippen LogP contribution >= 0.6 is 0 Å². The minimum atomic E-state index is -0.957. The third kappa shape index (κ3) is 4.65. The first-order valence-corrected chi connectivity index (χ1v) is 12.8. The monoisotopic (exact) mass is 465 g/mol. The number of ether oxygens (including phenoxy) is 1. The number of aliphatic hydroxyl groups is 1. The van der Waals surface area contributed by atoms with E-state index in [1.807, 2.05) is 34.6 Å². The van der Waals surface area contributed by atoms with Crippen LogP contribution in [-0.4, -0.2) is 70.2 Å². The smallest absolute Gasteiger partial charge is 0.246 e. The van der Waals surface area contributed by atoms with Gasteiger partial charge in [-0.1, -0.05) is 26.7 Å².